The van der Waals surface area contributed by atoms with Crippen LogP contribution in [0.4, 0.5) is 0 Å². The van der Waals surface area contributed by atoms with E-state index in [1.54, 1.807) is 0 Å². The normalized spacial score (nSPS) is 14.7. The van der Waals surface area contributed by atoms with Gasteiger partial charge in [0.15, 0.2) is 5.84 Å². The molecule has 0 bridgehead atoms. The largest absolute Gasteiger partial charge is 0.456 e. The third kappa shape index (κ3) is 4.49. The van der Waals surface area contributed by atoms with E-state index in [0.717, 1.165) is 77.5 Å². The Morgan fingerprint density at radius 3 is 1.92 bits per heavy atom. The summed E-state index contributed by atoms with van der Waals surface area (Å²) >= 11 is 0. The van der Waals surface area contributed by atoms with Gasteiger partial charge < -0.3 is 14.2 Å². The Bertz CT molecular complexity index is 3110. The van der Waals surface area contributed by atoms with E-state index in [9.17, 15) is 0 Å². The lowest BCUT2D eigenvalue weighted by molar-refractivity contribution is 0.668. The maximum Gasteiger partial charge on any atom is 0.159 e. The first-order chi connectivity index (χ1) is 25.7. The number of benzene rings is 8. The van der Waals surface area contributed by atoms with Crippen molar-refractivity contribution in [1.29, 1.82) is 0 Å². The van der Waals surface area contributed by atoms with Crippen LogP contribution in [-0.2, 0) is 0 Å². The molecule has 1 atom stereocenters. The average molecular weight is 668 g/mol. The molecule has 5 nitrogen and oxygen atoms in total. The van der Waals surface area contributed by atoms with Crippen molar-refractivity contribution in [2.24, 2.45) is 9.98 Å². The number of fused-ring (bicyclic) bond motifs is 9. The molecule has 0 saturated carbocycles. The van der Waals surface area contributed by atoms with Crippen molar-refractivity contribution in [1.82, 2.24) is 5.32 Å². The van der Waals surface area contributed by atoms with Crippen LogP contribution in [0.5, 0.6) is 0 Å². The first-order valence-corrected chi connectivity index (χ1v) is 17.5. The summed E-state index contributed by atoms with van der Waals surface area (Å²) in [7, 11) is 0. The third-order valence-corrected chi connectivity index (χ3v) is 10.3. The molecular weight excluding hydrogens is 639 g/mol. The van der Waals surface area contributed by atoms with Crippen LogP contribution in [0.15, 0.2) is 183 Å². The van der Waals surface area contributed by atoms with E-state index in [4.69, 9.17) is 18.8 Å². The van der Waals surface area contributed by atoms with E-state index in [1.807, 2.05) is 36.4 Å². The zero-order valence-corrected chi connectivity index (χ0v) is 27.9. The summed E-state index contributed by atoms with van der Waals surface area (Å²) in [6, 6.07) is 56.9. The molecule has 0 saturated heterocycles. The number of para-hydroxylation sites is 1. The molecule has 0 spiro atoms. The highest BCUT2D eigenvalue weighted by molar-refractivity contribution is 6.24. The molecule has 5 heteroatoms. The molecule has 8 aromatic carbocycles. The lowest BCUT2D eigenvalue weighted by Gasteiger charge is -2.24. The van der Waals surface area contributed by atoms with Crippen molar-refractivity contribution in [2.45, 2.75) is 6.17 Å². The number of hydrogen-bond acceptors (Lipinski definition) is 5. The van der Waals surface area contributed by atoms with E-state index in [2.05, 4.69) is 133 Å². The second-order valence-electron chi connectivity index (χ2n) is 13.4. The maximum atomic E-state index is 6.57. The zero-order valence-electron chi connectivity index (χ0n) is 27.9. The number of rotatable bonds is 4. The molecule has 0 amide bonds. The highest BCUT2D eigenvalue weighted by Gasteiger charge is 2.25. The van der Waals surface area contributed by atoms with Gasteiger partial charge in [0.05, 0.1) is 0 Å². The zero-order chi connectivity index (χ0) is 34.2. The van der Waals surface area contributed by atoms with E-state index >= 15 is 0 Å². The lowest BCUT2D eigenvalue weighted by Crippen LogP contribution is -2.33. The van der Waals surface area contributed by atoms with E-state index in [0.29, 0.717) is 5.84 Å². The van der Waals surface area contributed by atoms with E-state index in [1.165, 1.54) is 21.5 Å². The van der Waals surface area contributed by atoms with Crippen LogP contribution in [0, 0.1) is 0 Å². The summed E-state index contributed by atoms with van der Waals surface area (Å²) in [6.07, 6.45) is -0.336. The predicted molar refractivity (Wildman–Crippen MR) is 213 cm³/mol. The third-order valence-electron chi connectivity index (χ3n) is 10.3. The van der Waals surface area contributed by atoms with Crippen molar-refractivity contribution < 1.29 is 8.83 Å². The molecule has 3 heterocycles. The topological polar surface area (TPSA) is 63.0 Å². The monoisotopic (exact) mass is 667 g/mol. The fourth-order valence-corrected chi connectivity index (χ4v) is 7.86. The van der Waals surface area contributed by atoms with Crippen LogP contribution >= 0.6 is 0 Å². The number of hydrogen-bond donors (Lipinski definition) is 1. The van der Waals surface area contributed by atoms with Crippen molar-refractivity contribution in [3.63, 3.8) is 0 Å². The Morgan fingerprint density at radius 1 is 0.442 bits per heavy atom. The Labute approximate surface area is 298 Å². The molecular formula is C47H29N3O2. The summed E-state index contributed by atoms with van der Waals surface area (Å²) in [5.74, 6) is 1.43. The summed E-state index contributed by atoms with van der Waals surface area (Å²) < 4.78 is 12.7. The minimum absolute atomic E-state index is 0.336. The van der Waals surface area contributed by atoms with Crippen molar-refractivity contribution >= 4 is 77.1 Å². The standard InChI is InChI=1S/C47H29N3O2/c1-2-11-30(12-3-1)45-48-46(32-23-22-29-21-20-28-10-4-5-13-33(28)37(29)27-32)50-47(49-45)36-16-9-19-42-44(36)43-34(15-8-18-41(43)52-42)31-24-25-40-38(26-31)35-14-6-7-17-39(35)51-40/h1-27,45H,(H,48,49,50). The first kappa shape index (κ1) is 28.8. The van der Waals surface area contributed by atoms with Gasteiger partial charge in [0.1, 0.15) is 34.3 Å². The summed E-state index contributed by atoms with van der Waals surface area (Å²) in [6.45, 7) is 0. The molecule has 2 aromatic heterocycles. The van der Waals surface area contributed by atoms with Gasteiger partial charge in [0, 0.05) is 32.7 Å². The lowest BCUT2D eigenvalue weighted by atomic mass is 9.95. The molecule has 1 unspecified atom stereocenters. The van der Waals surface area contributed by atoms with Crippen LogP contribution in [0.25, 0.3) is 76.5 Å². The van der Waals surface area contributed by atoms with Gasteiger partial charge in [-0.1, -0.05) is 127 Å². The molecule has 0 fully saturated rings. The molecule has 1 N–H and O–H groups in total. The van der Waals surface area contributed by atoms with Crippen LogP contribution in [0.1, 0.15) is 22.9 Å². The number of aliphatic imine (C=N–C) groups is 2. The Hall–Kier alpha value is -6.98. The van der Waals surface area contributed by atoms with Gasteiger partial charge in [-0.2, -0.15) is 0 Å². The Balaban J connectivity index is 1.12. The second-order valence-corrected chi connectivity index (χ2v) is 13.4. The number of nitrogens with zero attached hydrogens (tertiary/aromatic N) is 2. The van der Waals surface area contributed by atoms with Gasteiger partial charge in [-0.3, -0.25) is 0 Å². The Morgan fingerprint density at radius 2 is 1.06 bits per heavy atom. The highest BCUT2D eigenvalue weighted by atomic mass is 16.3. The van der Waals surface area contributed by atoms with Gasteiger partial charge in [-0.05, 0) is 74.6 Å². The second kappa shape index (κ2) is 11.3. The predicted octanol–water partition coefficient (Wildman–Crippen LogP) is 12.0. The van der Waals surface area contributed by atoms with Gasteiger partial charge in [-0.15, -0.1) is 0 Å². The van der Waals surface area contributed by atoms with Gasteiger partial charge in [-0.25, -0.2) is 9.98 Å². The van der Waals surface area contributed by atoms with Crippen molar-refractivity contribution in [2.75, 3.05) is 0 Å². The van der Waals surface area contributed by atoms with E-state index in [-0.39, 0.29) is 6.17 Å². The SMILES string of the molecule is c1ccc(C2N=C(c3ccc4ccc5ccccc5c4c3)N=C(c3cccc4oc5cccc(-c6ccc7oc8ccccc8c7c6)c5c34)N2)cc1. The number of amidine groups is 2. The molecule has 244 valence electrons. The average Bonchev–Trinajstić information content (AvgIpc) is 3.79. The molecule has 10 aromatic rings. The molecule has 52 heavy (non-hydrogen) atoms. The maximum absolute atomic E-state index is 6.57. The van der Waals surface area contributed by atoms with Crippen molar-refractivity contribution in [3.05, 3.63) is 180 Å². The first-order valence-electron chi connectivity index (χ1n) is 17.5. The molecule has 1 aliphatic heterocycles. The van der Waals surface area contributed by atoms with Gasteiger partial charge >= 0.3 is 0 Å². The summed E-state index contributed by atoms with van der Waals surface area (Å²) in [5, 5.41) is 12.7. The smallest absolute Gasteiger partial charge is 0.159 e. The van der Waals surface area contributed by atoms with E-state index < -0.39 is 0 Å². The molecule has 11 rings (SSSR count). The summed E-state index contributed by atoms with van der Waals surface area (Å²) in [5.41, 5.74) is 8.54. The highest BCUT2D eigenvalue weighted by Crippen LogP contribution is 2.41. The fourth-order valence-electron chi connectivity index (χ4n) is 7.86. The fraction of sp³-hybridized carbons (Fsp3) is 0.0213. The quantitative estimate of drug-likeness (QED) is 0.190. The summed E-state index contributed by atoms with van der Waals surface area (Å²) in [4.78, 5) is 10.5. The van der Waals surface area contributed by atoms with Crippen LogP contribution in [0.3, 0.4) is 0 Å². The molecule has 0 radical (unpaired) electrons. The number of furan rings is 2. The number of nitrogens with one attached hydrogen (secondary N) is 1. The van der Waals surface area contributed by atoms with Crippen LogP contribution in [-0.4, -0.2) is 11.7 Å². The molecule has 1 aliphatic rings. The van der Waals surface area contributed by atoms with Crippen LogP contribution < -0.4 is 5.32 Å². The van der Waals surface area contributed by atoms with Crippen LogP contribution in [0.2, 0.25) is 0 Å². The van der Waals surface area contributed by atoms with Gasteiger partial charge in [0.2, 0.25) is 0 Å². The Kier molecular flexibility index (Phi) is 6.25. The van der Waals surface area contributed by atoms with Gasteiger partial charge in [0.25, 0.3) is 0 Å². The molecule has 0 aliphatic carbocycles. The van der Waals surface area contributed by atoms with Crippen molar-refractivity contribution in [3.8, 4) is 11.1 Å². The minimum Gasteiger partial charge on any atom is -0.456 e. The minimum atomic E-state index is -0.336.